The van der Waals surface area contributed by atoms with Gasteiger partial charge >= 0.3 is 0 Å². The average molecular weight is 262 g/mol. The Morgan fingerprint density at radius 2 is 2.17 bits per heavy atom. The van der Waals surface area contributed by atoms with Gasteiger partial charge in [-0.25, -0.2) is 4.98 Å². The maximum atomic E-state index is 9.15. The molecule has 0 radical (unpaired) electrons. The number of halogens is 1. The van der Waals surface area contributed by atoms with E-state index in [1.165, 1.54) is 0 Å². The third kappa shape index (κ3) is 1.93. The fourth-order valence-corrected chi connectivity index (χ4v) is 2.03. The third-order valence-corrected chi connectivity index (χ3v) is 3.08. The molecule has 1 aromatic heterocycles. The molecule has 0 aliphatic heterocycles. The van der Waals surface area contributed by atoms with E-state index < -0.39 is 0 Å². The number of nitrogens with zero attached hydrogens (tertiary/aromatic N) is 3. The van der Waals surface area contributed by atoms with Gasteiger partial charge in [0.15, 0.2) is 5.69 Å². The van der Waals surface area contributed by atoms with Crippen molar-refractivity contribution in [1.82, 2.24) is 9.55 Å². The zero-order valence-corrected chi connectivity index (χ0v) is 11.1. The lowest BCUT2D eigenvalue weighted by molar-refractivity contribution is 0.416. The fourth-order valence-electron chi connectivity index (χ4n) is 1.86. The summed E-state index contributed by atoms with van der Waals surface area (Å²) in [4.78, 5) is 4.21. The normalized spacial score (nSPS) is 10.2. The van der Waals surface area contributed by atoms with Gasteiger partial charge in [-0.3, -0.25) is 0 Å². The molecule has 92 valence electrons. The van der Waals surface area contributed by atoms with Gasteiger partial charge in [-0.1, -0.05) is 11.6 Å². The predicted octanol–water partition coefficient (Wildman–Crippen LogP) is 2.93. The van der Waals surface area contributed by atoms with Crippen LogP contribution in [0.1, 0.15) is 11.5 Å². The maximum absolute atomic E-state index is 9.15. The second-order valence-corrected chi connectivity index (χ2v) is 4.31. The smallest absolute Gasteiger partial charge is 0.166 e. The van der Waals surface area contributed by atoms with E-state index in [2.05, 4.69) is 11.1 Å². The van der Waals surface area contributed by atoms with Crippen molar-refractivity contribution in [2.45, 2.75) is 6.92 Å². The Kier molecular flexibility index (Phi) is 3.26. The molecule has 0 atom stereocenters. The van der Waals surface area contributed by atoms with E-state index in [0.29, 0.717) is 22.2 Å². The molecule has 0 aliphatic carbocycles. The molecule has 0 fully saturated rings. The molecule has 1 aromatic carbocycles. The lowest BCUT2D eigenvalue weighted by atomic mass is 10.1. The summed E-state index contributed by atoms with van der Waals surface area (Å²) >= 11 is 6.01. The number of hydrogen-bond donors (Lipinski definition) is 0. The van der Waals surface area contributed by atoms with Crippen LogP contribution in [0.4, 0.5) is 0 Å². The largest absolute Gasteiger partial charge is 0.496 e. The lowest BCUT2D eigenvalue weighted by Gasteiger charge is -2.10. The lowest BCUT2D eigenvalue weighted by Crippen LogP contribution is -1.97. The quantitative estimate of drug-likeness (QED) is 0.835. The number of ether oxygens (including phenoxy) is 1. The SMILES string of the molecule is COc1ccc(Cl)cc1-c1c(C#N)nc(C)n1C. The Balaban J connectivity index is 2.76. The topological polar surface area (TPSA) is 50.8 Å². The number of imidazole rings is 1. The van der Waals surface area contributed by atoms with Crippen LogP contribution in [0, 0.1) is 18.3 Å². The van der Waals surface area contributed by atoms with Crippen molar-refractivity contribution in [3.8, 4) is 23.1 Å². The van der Waals surface area contributed by atoms with Gasteiger partial charge in [0.05, 0.1) is 12.8 Å². The van der Waals surface area contributed by atoms with Crippen LogP contribution in [0.15, 0.2) is 18.2 Å². The Morgan fingerprint density at radius 3 is 2.78 bits per heavy atom. The van der Waals surface area contributed by atoms with E-state index >= 15 is 0 Å². The third-order valence-electron chi connectivity index (χ3n) is 2.84. The molecule has 0 bridgehead atoms. The molecule has 4 nitrogen and oxygen atoms in total. The molecule has 5 heteroatoms. The molecule has 18 heavy (non-hydrogen) atoms. The molecule has 2 rings (SSSR count). The highest BCUT2D eigenvalue weighted by molar-refractivity contribution is 6.31. The summed E-state index contributed by atoms with van der Waals surface area (Å²) < 4.78 is 7.16. The molecule has 0 spiro atoms. The minimum Gasteiger partial charge on any atom is -0.496 e. The number of rotatable bonds is 2. The molecule has 0 amide bonds. The molecule has 0 saturated heterocycles. The summed E-state index contributed by atoms with van der Waals surface area (Å²) in [5, 5.41) is 9.74. The second-order valence-electron chi connectivity index (χ2n) is 3.87. The van der Waals surface area contributed by atoms with Gasteiger partial charge in [0.25, 0.3) is 0 Å². The van der Waals surface area contributed by atoms with E-state index in [-0.39, 0.29) is 0 Å². The Hall–Kier alpha value is -1.99. The Bertz CT molecular complexity index is 640. The first-order valence-corrected chi connectivity index (χ1v) is 5.73. The Morgan fingerprint density at radius 1 is 1.44 bits per heavy atom. The van der Waals surface area contributed by atoms with Gasteiger partial charge < -0.3 is 9.30 Å². The van der Waals surface area contributed by atoms with Crippen LogP contribution >= 0.6 is 11.6 Å². The highest BCUT2D eigenvalue weighted by Gasteiger charge is 2.17. The standard InChI is InChI=1S/C13H12ClN3O/c1-8-16-11(7-15)13(17(8)2)10-6-9(14)4-5-12(10)18-3/h4-6H,1-3H3. The van der Waals surface area contributed by atoms with Gasteiger partial charge in [0.1, 0.15) is 17.6 Å². The van der Waals surface area contributed by atoms with Gasteiger partial charge in [0.2, 0.25) is 0 Å². The van der Waals surface area contributed by atoms with E-state index in [1.54, 1.807) is 25.3 Å². The van der Waals surface area contributed by atoms with Crippen LogP contribution in [-0.2, 0) is 7.05 Å². The molecule has 1 heterocycles. The minimum atomic E-state index is 0.371. The number of methoxy groups -OCH3 is 1. The highest BCUT2D eigenvalue weighted by atomic mass is 35.5. The van der Waals surface area contributed by atoms with Crippen LogP contribution in [0.2, 0.25) is 5.02 Å². The number of benzene rings is 1. The van der Waals surface area contributed by atoms with Crippen LogP contribution in [-0.4, -0.2) is 16.7 Å². The van der Waals surface area contributed by atoms with Crippen LogP contribution in [0.5, 0.6) is 5.75 Å². The molecule has 2 aromatic rings. The maximum Gasteiger partial charge on any atom is 0.166 e. The molecular formula is C13H12ClN3O. The van der Waals surface area contributed by atoms with Gasteiger partial charge in [-0.05, 0) is 25.1 Å². The number of hydrogen-bond acceptors (Lipinski definition) is 3. The van der Waals surface area contributed by atoms with Crippen molar-refractivity contribution in [3.63, 3.8) is 0 Å². The monoisotopic (exact) mass is 261 g/mol. The van der Waals surface area contributed by atoms with Crippen molar-refractivity contribution in [2.24, 2.45) is 7.05 Å². The summed E-state index contributed by atoms with van der Waals surface area (Å²) in [6.07, 6.45) is 0. The van der Waals surface area contributed by atoms with E-state index in [9.17, 15) is 0 Å². The molecule has 0 saturated carbocycles. The predicted molar refractivity (Wildman–Crippen MR) is 69.7 cm³/mol. The van der Waals surface area contributed by atoms with Crippen LogP contribution in [0.3, 0.4) is 0 Å². The average Bonchev–Trinajstić information content (AvgIpc) is 2.65. The first-order valence-electron chi connectivity index (χ1n) is 5.35. The molecular weight excluding hydrogens is 250 g/mol. The van der Waals surface area contributed by atoms with Gasteiger partial charge in [0, 0.05) is 17.6 Å². The van der Waals surface area contributed by atoms with Gasteiger partial charge in [-0.15, -0.1) is 0 Å². The number of nitriles is 1. The molecule has 0 unspecified atom stereocenters. The van der Waals surface area contributed by atoms with Crippen molar-refractivity contribution in [3.05, 3.63) is 34.7 Å². The molecule has 0 aliphatic rings. The summed E-state index contributed by atoms with van der Waals surface area (Å²) in [5.74, 6) is 1.43. The first kappa shape index (κ1) is 12.5. The molecule has 0 N–H and O–H groups in total. The van der Waals surface area contributed by atoms with Crippen molar-refractivity contribution < 1.29 is 4.74 Å². The van der Waals surface area contributed by atoms with Crippen molar-refractivity contribution >= 4 is 11.6 Å². The first-order chi connectivity index (χ1) is 8.58. The van der Waals surface area contributed by atoms with Crippen LogP contribution in [0.25, 0.3) is 11.3 Å². The second kappa shape index (κ2) is 4.71. The van der Waals surface area contributed by atoms with E-state index in [4.69, 9.17) is 21.6 Å². The summed E-state index contributed by atoms with van der Waals surface area (Å²) in [5.41, 5.74) is 1.86. The zero-order valence-electron chi connectivity index (χ0n) is 10.4. The Labute approximate surface area is 110 Å². The van der Waals surface area contributed by atoms with Crippen molar-refractivity contribution in [1.29, 1.82) is 5.26 Å². The van der Waals surface area contributed by atoms with E-state index in [1.807, 2.05) is 18.5 Å². The van der Waals surface area contributed by atoms with E-state index in [0.717, 1.165) is 11.4 Å². The fraction of sp³-hybridized carbons (Fsp3) is 0.231. The van der Waals surface area contributed by atoms with Crippen LogP contribution < -0.4 is 4.74 Å². The minimum absolute atomic E-state index is 0.371. The summed E-state index contributed by atoms with van der Waals surface area (Å²) in [7, 11) is 3.45. The van der Waals surface area contributed by atoms with Gasteiger partial charge in [-0.2, -0.15) is 5.26 Å². The summed E-state index contributed by atoms with van der Waals surface area (Å²) in [6, 6.07) is 7.40. The highest BCUT2D eigenvalue weighted by Crippen LogP contribution is 2.34. The van der Waals surface area contributed by atoms with Crippen molar-refractivity contribution in [2.75, 3.05) is 7.11 Å². The number of aromatic nitrogens is 2. The zero-order chi connectivity index (χ0) is 13.3. The number of aryl methyl sites for hydroxylation is 1. The summed E-state index contributed by atoms with van der Waals surface area (Å²) in [6.45, 7) is 1.85.